The summed E-state index contributed by atoms with van der Waals surface area (Å²) < 4.78 is 47.6. The fourth-order valence-corrected chi connectivity index (χ4v) is 6.40. The Labute approximate surface area is 332 Å². The van der Waals surface area contributed by atoms with Crippen molar-refractivity contribution in [1.29, 1.82) is 0 Å². The Balaban J connectivity index is 1.38. The molecule has 4 aromatic rings. The molecule has 2 aliphatic rings. The lowest BCUT2D eigenvalue weighted by Crippen LogP contribution is -2.65. The molecule has 298 valence electrons. The summed E-state index contributed by atoms with van der Waals surface area (Å²) in [6.07, 6.45) is -15.2. The SMILES string of the molecule is C[C@@H]1O[C@@H](O)[C@H](O[C@@H]2O[C@@H](C)[C@H](OC(=O)c3ccccc3)[C@@H](OC(=O)CCl)[C@H]2OC(=O)c2ccccc2)[C@H](OC(=O)c2ccccc2)[C@H]1OC(=O)c1ccccc1. The van der Waals surface area contributed by atoms with Crippen molar-refractivity contribution in [1.82, 2.24) is 0 Å². The summed E-state index contributed by atoms with van der Waals surface area (Å²) in [7, 11) is 0. The van der Waals surface area contributed by atoms with Gasteiger partial charge in [0.05, 0.1) is 34.5 Å². The maximum Gasteiger partial charge on any atom is 0.338 e. The Hall–Kier alpha value is -5.64. The van der Waals surface area contributed by atoms with E-state index >= 15 is 0 Å². The number of aliphatic hydroxyl groups excluding tert-OH is 1. The number of esters is 5. The number of hydrogen-bond donors (Lipinski definition) is 1. The van der Waals surface area contributed by atoms with Gasteiger partial charge in [-0.25, -0.2) is 19.2 Å². The third kappa shape index (κ3) is 10.0. The largest absolute Gasteiger partial charge is 0.453 e. The molecule has 10 atom stereocenters. The molecule has 2 heterocycles. The normalized spacial score (nSPS) is 26.9. The summed E-state index contributed by atoms with van der Waals surface area (Å²) in [5, 5.41) is 11.4. The maximum atomic E-state index is 13.7. The molecule has 57 heavy (non-hydrogen) atoms. The lowest BCUT2D eigenvalue weighted by Gasteiger charge is -2.47. The standard InChI is InChI=1S/C42H39ClO14/c1-24-31(53-37(45)26-15-7-3-8-16-26)33(55-39(47)28-19-11-5-12-20-28)35(41(49)50-24)57-42-36(56-40(48)29-21-13-6-14-22-29)34(52-30(44)23-43)32(25(2)51-42)54-38(46)27-17-9-4-10-18-27/h3-22,24-25,31-36,41-42,49H,23H2,1-2H3/t24-,25-,31-,32-,33+,34+,35+,36+,41+,42-/m0/s1. The van der Waals surface area contributed by atoms with Gasteiger partial charge in [-0.2, -0.15) is 0 Å². The van der Waals surface area contributed by atoms with E-state index in [-0.39, 0.29) is 22.3 Å². The van der Waals surface area contributed by atoms with E-state index in [1.807, 2.05) is 0 Å². The lowest BCUT2D eigenvalue weighted by molar-refractivity contribution is -0.354. The summed E-state index contributed by atoms with van der Waals surface area (Å²) in [5.41, 5.74) is 0.566. The highest BCUT2D eigenvalue weighted by atomic mass is 35.5. The molecule has 6 rings (SSSR count). The average Bonchev–Trinajstić information content (AvgIpc) is 3.24. The average molecular weight is 803 g/mol. The molecule has 2 fully saturated rings. The molecule has 2 saturated heterocycles. The van der Waals surface area contributed by atoms with Gasteiger partial charge in [0.1, 0.15) is 5.88 Å². The lowest BCUT2D eigenvalue weighted by atomic mass is 9.96. The summed E-state index contributed by atoms with van der Waals surface area (Å²) in [5.74, 6) is -4.97. The Morgan fingerprint density at radius 1 is 0.491 bits per heavy atom. The summed E-state index contributed by atoms with van der Waals surface area (Å²) >= 11 is 5.86. The molecular formula is C42H39ClO14. The zero-order valence-corrected chi connectivity index (χ0v) is 31.4. The molecule has 0 aromatic heterocycles. The Bertz CT molecular complexity index is 1980. The zero-order chi connectivity index (χ0) is 40.5. The molecule has 1 N–H and O–H groups in total. The molecule has 0 saturated carbocycles. The highest BCUT2D eigenvalue weighted by Crippen LogP contribution is 2.35. The molecule has 0 bridgehead atoms. The highest BCUT2D eigenvalue weighted by molar-refractivity contribution is 6.26. The van der Waals surface area contributed by atoms with Gasteiger partial charge < -0.3 is 43.0 Å². The Morgan fingerprint density at radius 3 is 1.21 bits per heavy atom. The van der Waals surface area contributed by atoms with Crippen LogP contribution in [-0.4, -0.2) is 102 Å². The number of aliphatic hydroxyl groups is 1. The van der Waals surface area contributed by atoms with Crippen molar-refractivity contribution in [2.75, 3.05) is 5.88 Å². The first-order valence-electron chi connectivity index (χ1n) is 18.0. The topological polar surface area (TPSA) is 179 Å². The van der Waals surface area contributed by atoms with Gasteiger partial charge >= 0.3 is 29.8 Å². The molecule has 4 aromatic carbocycles. The van der Waals surface area contributed by atoms with Crippen molar-refractivity contribution in [2.24, 2.45) is 0 Å². The van der Waals surface area contributed by atoms with Crippen LogP contribution in [0.15, 0.2) is 121 Å². The number of benzene rings is 4. The fourth-order valence-electron chi connectivity index (χ4n) is 6.34. The zero-order valence-electron chi connectivity index (χ0n) is 30.7. The third-order valence-corrected chi connectivity index (χ3v) is 9.37. The molecule has 2 aliphatic heterocycles. The van der Waals surface area contributed by atoms with Gasteiger partial charge in [-0.3, -0.25) is 4.79 Å². The van der Waals surface area contributed by atoms with Crippen molar-refractivity contribution in [3.05, 3.63) is 144 Å². The van der Waals surface area contributed by atoms with Gasteiger partial charge in [0, 0.05) is 0 Å². The van der Waals surface area contributed by atoms with Crippen LogP contribution in [0.2, 0.25) is 0 Å². The number of hydrogen-bond acceptors (Lipinski definition) is 14. The van der Waals surface area contributed by atoms with E-state index < -0.39 is 97.1 Å². The van der Waals surface area contributed by atoms with Crippen molar-refractivity contribution in [2.45, 2.75) is 75.3 Å². The highest BCUT2D eigenvalue weighted by Gasteiger charge is 2.56. The van der Waals surface area contributed by atoms with E-state index in [4.69, 9.17) is 49.5 Å². The van der Waals surface area contributed by atoms with Crippen LogP contribution in [0.25, 0.3) is 0 Å². The van der Waals surface area contributed by atoms with Crippen LogP contribution in [0.5, 0.6) is 0 Å². The first-order chi connectivity index (χ1) is 27.5. The summed E-state index contributed by atoms with van der Waals surface area (Å²) in [6.45, 7) is 2.99. The van der Waals surface area contributed by atoms with E-state index in [0.29, 0.717) is 0 Å². The van der Waals surface area contributed by atoms with E-state index in [1.54, 1.807) is 72.8 Å². The molecule has 0 amide bonds. The van der Waals surface area contributed by atoms with E-state index in [0.717, 1.165) is 0 Å². The second kappa shape index (κ2) is 19.0. The first-order valence-corrected chi connectivity index (χ1v) is 18.5. The van der Waals surface area contributed by atoms with Gasteiger partial charge in [-0.15, -0.1) is 11.6 Å². The van der Waals surface area contributed by atoms with Gasteiger partial charge in [0.2, 0.25) is 0 Å². The van der Waals surface area contributed by atoms with Crippen molar-refractivity contribution < 1.29 is 67.0 Å². The van der Waals surface area contributed by atoms with E-state index in [1.165, 1.54) is 62.4 Å². The molecule has 14 nitrogen and oxygen atoms in total. The second-order valence-corrected chi connectivity index (χ2v) is 13.3. The van der Waals surface area contributed by atoms with Gasteiger partial charge in [-0.05, 0) is 62.4 Å². The molecule has 0 radical (unpaired) electrons. The van der Waals surface area contributed by atoms with Crippen LogP contribution in [0, 0.1) is 0 Å². The minimum Gasteiger partial charge on any atom is -0.453 e. The maximum absolute atomic E-state index is 13.7. The number of ether oxygens (including phenoxy) is 8. The second-order valence-electron chi connectivity index (χ2n) is 13.1. The number of halogens is 1. The summed E-state index contributed by atoms with van der Waals surface area (Å²) in [4.78, 5) is 66.8. The molecule has 0 unspecified atom stereocenters. The van der Waals surface area contributed by atoms with Crippen molar-refractivity contribution >= 4 is 41.4 Å². The van der Waals surface area contributed by atoms with Crippen LogP contribution >= 0.6 is 11.6 Å². The predicted octanol–water partition coefficient (Wildman–Crippen LogP) is 4.91. The number of rotatable bonds is 12. The Kier molecular flexibility index (Phi) is 13.7. The van der Waals surface area contributed by atoms with Crippen molar-refractivity contribution in [3.63, 3.8) is 0 Å². The third-order valence-electron chi connectivity index (χ3n) is 9.15. The van der Waals surface area contributed by atoms with Crippen LogP contribution < -0.4 is 0 Å². The van der Waals surface area contributed by atoms with E-state index in [2.05, 4.69) is 0 Å². The van der Waals surface area contributed by atoms with Crippen LogP contribution in [-0.2, 0) is 42.7 Å². The summed E-state index contributed by atoms with van der Waals surface area (Å²) in [6, 6.07) is 31.8. The molecule has 0 aliphatic carbocycles. The van der Waals surface area contributed by atoms with Crippen molar-refractivity contribution in [3.8, 4) is 0 Å². The minimum atomic E-state index is -1.86. The van der Waals surface area contributed by atoms with Gasteiger partial charge in [0.25, 0.3) is 0 Å². The van der Waals surface area contributed by atoms with Crippen LogP contribution in [0.3, 0.4) is 0 Å². The van der Waals surface area contributed by atoms with Gasteiger partial charge in [-0.1, -0.05) is 72.8 Å². The molecule has 0 spiro atoms. The van der Waals surface area contributed by atoms with E-state index in [9.17, 15) is 29.1 Å². The number of carbonyl (C=O) groups is 5. The van der Waals surface area contributed by atoms with Crippen LogP contribution in [0.4, 0.5) is 0 Å². The molecular weight excluding hydrogens is 764 g/mol. The molecule has 15 heteroatoms. The fraction of sp³-hybridized carbons (Fsp3) is 0.310. The van der Waals surface area contributed by atoms with Gasteiger partial charge in [0.15, 0.2) is 49.2 Å². The quantitative estimate of drug-likeness (QED) is 0.116. The predicted molar refractivity (Wildman–Crippen MR) is 199 cm³/mol. The Morgan fingerprint density at radius 2 is 0.825 bits per heavy atom. The smallest absolute Gasteiger partial charge is 0.338 e. The number of carbonyl (C=O) groups excluding carboxylic acids is 5. The number of alkyl halides is 1. The minimum absolute atomic E-state index is 0.0903. The van der Waals surface area contributed by atoms with Crippen LogP contribution in [0.1, 0.15) is 55.3 Å². The first kappa shape index (κ1) is 41.0. The monoisotopic (exact) mass is 802 g/mol.